The van der Waals surface area contributed by atoms with Gasteiger partial charge in [-0.2, -0.15) is 0 Å². The number of fused-ring (bicyclic) bond motifs is 1. The van der Waals surface area contributed by atoms with Crippen LogP contribution in [0.5, 0.6) is 5.75 Å². The average Bonchev–Trinajstić information content (AvgIpc) is 2.49. The average molecular weight is 292 g/mol. The Morgan fingerprint density at radius 1 is 1.33 bits per heavy atom. The molecule has 6 heteroatoms. The summed E-state index contributed by atoms with van der Waals surface area (Å²) in [5, 5.41) is 9.34. The highest BCUT2D eigenvalue weighted by molar-refractivity contribution is 5.81. The molecule has 0 radical (unpaired) electrons. The molecule has 0 bridgehead atoms. The predicted octanol–water partition coefficient (Wildman–Crippen LogP) is 1.62. The Balaban J connectivity index is 2.23. The molecule has 0 spiro atoms. The van der Waals surface area contributed by atoms with Gasteiger partial charge in [-0.15, -0.1) is 0 Å². The highest BCUT2D eigenvalue weighted by atomic mass is 16.5. The number of esters is 1. The second-order valence-corrected chi connectivity index (χ2v) is 4.44. The highest BCUT2D eigenvalue weighted by Crippen LogP contribution is 2.23. The van der Waals surface area contributed by atoms with Crippen LogP contribution in [-0.2, 0) is 16.1 Å². The summed E-state index contributed by atoms with van der Waals surface area (Å²) in [5.74, 6) is 0.154. The Kier molecular flexibility index (Phi) is 4.94. The summed E-state index contributed by atoms with van der Waals surface area (Å²) in [4.78, 5) is 23.0. The Labute approximate surface area is 120 Å². The number of carbonyl (C=O) groups excluding carboxylic acids is 1. The lowest BCUT2D eigenvalue weighted by atomic mass is 10.1. The van der Waals surface area contributed by atoms with Gasteiger partial charge in [0.2, 0.25) is 0 Å². The fourth-order valence-corrected chi connectivity index (χ4v) is 1.91. The van der Waals surface area contributed by atoms with Crippen molar-refractivity contribution in [1.82, 2.24) is 0 Å². The van der Waals surface area contributed by atoms with Gasteiger partial charge in [0.1, 0.15) is 17.9 Å². The molecule has 1 N–H and O–H groups in total. The molecule has 0 aliphatic rings. The topological polar surface area (TPSA) is 86.0 Å². The van der Waals surface area contributed by atoms with Crippen molar-refractivity contribution in [2.45, 2.75) is 19.4 Å². The van der Waals surface area contributed by atoms with E-state index in [0.29, 0.717) is 28.7 Å². The molecule has 1 heterocycles. The minimum absolute atomic E-state index is 0.0152. The van der Waals surface area contributed by atoms with E-state index in [1.807, 2.05) is 0 Å². The van der Waals surface area contributed by atoms with Gasteiger partial charge in [0.25, 0.3) is 0 Å². The molecule has 6 nitrogen and oxygen atoms in total. The Hall–Kier alpha value is -2.34. The van der Waals surface area contributed by atoms with Crippen LogP contribution in [0.1, 0.15) is 18.4 Å². The van der Waals surface area contributed by atoms with Crippen molar-refractivity contribution in [3.8, 4) is 5.75 Å². The van der Waals surface area contributed by atoms with Crippen molar-refractivity contribution in [2.24, 2.45) is 0 Å². The molecule has 0 atom stereocenters. The molecule has 0 aliphatic heterocycles. The number of carbonyl (C=O) groups is 1. The van der Waals surface area contributed by atoms with E-state index in [-0.39, 0.29) is 19.6 Å². The fraction of sp³-hybridized carbons (Fsp3) is 0.333. The number of ether oxygens (including phenoxy) is 2. The third-order valence-electron chi connectivity index (χ3n) is 2.97. The zero-order valence-electron chi connectivity index (χ0n) is 11.6. The predicted molar refractivity (Wildman–Crippen MR) is 75.2 cm³/mol. The van der Waals surface area contributed by atoms with E-state index < -0.39 is 11.6 Å². The molecule has 0 fully saturated rings. The Bertz CT molecular complexity index is 688. The number of benzene rings is 1. The number of hydrogen-bond donors (Lipinski definition) is 1. The van der Waals surface area contributed by atoms with Gasteiger partial charge in [-0.05, 0) is 18.6 Å². The standard InChI is InChI=1S/C15H16O6/c1-19-11-4-5-12-10(7-15(18)21-13(12)8-11)9-20-14(17)3-2-6-16/h4-5,7-8,16H,2-3,6,9H2,1H3. The molecule has 1 aromatic carbocycles. The maximum atomic E-state index is 11.5. The van der Waals surface area contributed by atoms with Crippen molar-refractivity contribution in [3.05, 3.63) is 40.2 Å². The maximum absolute atomic E-state index is 11.5. The summed E-state index contributed by atoms with van der Waals surface area (Å²) < 4.78 is 15.3. The van der Waals surface area contributed by atoms with Gasteiger partial charge in [0, 0.05) is 36.1 Å². The minimum atomic E-state index is -0.517. The van der Waals surface area contributed by atoms with Gasteiger partial charge in [-0.3, -0.25) is 4.79 Å². The van der Waals surface area contributed by atoms with Crippen molar-refractivity contribution in [3.63, 3.8) is 0 Å². The zero-order chi connectivity index (χ0) is 15.2. The first-order valence-corrected chi connectivity index (χ1v) is 6.51. The Morgan fingerprint density at radius 2 is 2.14 bits per heavy atom. The largest absolute Gasteiger partial charge is 0.497 e. The Morgan fingerprint density at radius 3 is 2.86 bits per heavy atom. The summed E-state index contributed by atoms with van der Waals surface area (Å²) >= 11 is 0. The van der Waals surface area contributed by atoms with Crippen molar-refractivity contribution >= 4 is 16.9 Å². The van der Waals surface area contributed by atoms with Gasteiger partial charge < -0.3 is 19.0 Å². The molecule has 0 saturated carbocycles. The van der Waals surface area contributed by atoms with Crippen LogP contribution in [-0.4, -0.2) is 24.8 Å². The van der Waals surface area contributed by atoms with E-state index in [1.165, 1.54) is 13.2 Å². The first-order valence-electron chi connectivity index (χ1n) is 6.51. The summed E-state index contributed by atoms with van der Waals surface area (Å²) in [6.07, 6.45) is 0.497. The molecule has 0 aliphatic carbocycles. The van der Waals surface area contributed by atoms with E-state index in [4.69, 9.17) is 19.0 Å². The number of rotatable bonds is 6. The third-order valence-corrected chi connectivity index (χ3v) is 2.97. The highest BCUT2D eigenvalue weighted by Gasteiger charge is 2.09. The fourth-order valence-electron chi connectivity index (χ4n) is 1.91. The second kappa shape index (κ2) is 6.90. The van der Waals surface area contributed by atoms with Crippen LogP contribution in [0.3, 0.4) is 0 Å². The van der Waals surface area contributed by atoms with Crippen molar-refractivity contribution < 1.29 is 23.8 Å². The number of aliphatic hydroxyl groups excluding tert-OH is 1. The van der Waals surface area contributed by atoms with Crippen LogP contribution in [0.2, 0.25) is 0 Å². The molecule has 2 rings (SSSR count). The summed E-state index contributed by atoms with van der Waals surface area (Å²) in [6.45, 7) is -0.0779. The first-order chi connectivity index (χ1) is 10.1. The quantitative estimate of drug-likeness (QED) is 0.643. The number of methoxy groups -OCH3 is 1. The minimum Gasteiger partial charge on any atom is -0.497 e. The SMILES string of the molecule is COc1ccc2c(COC(=O)CCCO)cc(=O)oc2c1. The maximum Gasteiger partial charge on any atom is 0.336 e. The van der Waals surface area contributed by atoms with Crippen LogP contribution in [0.15, 0.2) is 33.5 Å². The molecule has 21 heavy (non-hydrogen) atoms. The van der Waals surface area contributed by atoms with Crippen molar-refractivity contribution in [2.75, 3.05) is 13.7 Å². The smallest absolute Gasteiger partial charge is 0.336 e. The molecule has 0 saturated heterocycles. The lowest BCUT2D eigenvalue weighted by Crippen LogP contribution is -2.08. The van der Waals surface area contributed by atoms with E-state index in [2.05, 4.69) is 0 Å². The monoisotopic (exact) mass is 292 g/mol. The van der Waals surface area contributed by atoms with E-state index in [0.717, 1.165) is 0 Å². The lowest BCUT2D eigenvalue weighted by molar-refractivity contribution is -0.145. The lowest BCUT2D eigenvalue weighted by Gasteiger charge is -2.08. The number of aliphatic hydroxyl groups is 1. The van der Waals surface area contributed by atoms with Crippen LogP contribution >= 0.6 is 0 Å². The van der Waals surface area contributed by atoms with Crippen LogP contribution in [0, 0.1) is 0 Å². The van der Waals surface area contributed by atoms with E-state index in [1.54, 1.807) is 18.2 Å². The molecular weight excluding hydrogens is 276 g/mol. The molecule has 0 amide bonds. The summed E-state index contributed by atoms with van der Waals surface area (Å²) in [6, 6.07) is 6.38. The van der Waals surface area contributed by atoms with E-state index in [9.17, 15) is 9.59 Å². The first kappa shape index (κ1) is 15.1. The van der Waals surface area contributed by atoms with Gasteiger partial charge >= 0.3 is 11.6 Å². The van der Waals surface area contributed by atoms with E-state index >= 15 is 0 Å². The van der Waals surface area contributed by atoms with Gasteiger partial charge in [0.05, 0.1) is 7.11 Å². The zero-order valence-corrected chi connectivity index (χ0v) is 11.6. The van der Waals surface area contributed by atoms with Crippen LogP contribution < -0.4 is 10.4 Å². The van der Waals surface area contributed by atoms with Gasteiger partial charge in [-0.25, -0.2) is 4.79 Å². The van der Waals surface area contributed by atoms with Gasteiger partial charge in [-0.1, -0.05) is 0 Å². The normalized spacial score (nSPS) is 10.6. The molecule has 0 unspecified atom stereocenters. The number of hydrogen-bond acceptors (Lipinski definition) is 6. The molecule has 1 aromatic heterocycles. The van der Waals surface area contributed by atoms with Gasteiger partial charge in [0.15, 0.2) is 0 Å². The third kappa shape index (κ3) is 3.82. The molecular formula is C15H16O6. The molecule has 112 valence electrons. The van der Waals surface area contributed by atoms with Crippen LogP contribution in [0.4, 0.5) is 0 Å². The second-order valence-electron chi connectivity index (χ2n) is 4.44. The molecule has 2 aromatic rings. The van der Waals surface area contributed by atoms with Crippen LogP contribution in [0.25, 0.3) is 11.0 Å². The summed E-state index contributed by atoms with van der Waals surface area (Å²) in [5.41, 5.74) is 0.432. The summed E-state index contributed by atoms with van der Waals surface area (Å²) in [7, 11) is 1.52. The van der Waals surface area contributed by atoms with Crippen molar-refractivity contribution in [1.29, 1.82) is 0 Å².